The summed E-state index contributed by atoms with van der Waals surface area (Å²) in [7, 11) is -4.80. The van der Waals surface area contributed by atoms with Gasteiger partial charge in [0.2, 0.25) is 0 Å². The molecule has 0 amide bonds. The maximum Gasteiger partial charge on any atom is 1.00 e. The molecule has 0 fully saturated rings. The largest absolute Gasteiger partial charge is 1.00 e. The van der Waals surface area contributed by atoms with Gasteiger partial charge in [0.25, 0.3) is 0 Å². The molecule has 3 aromatic rings. The van der Waals surface area contributed by atoms with Crippen molar-refractivity contribution in [3.63, 3.8) is 0 Å². The zero-order valence-corrected chi connectivity index (χ0v) is 16.3. The van der Waals surface area contributed by atoms with Crippen LogP contribution in [-0.2, 0) is 10.1 Å². The SMILES string of the molecule is Nc1c(N=Nc2ccc(F)cc2F)cc(S(=O)(=O)[O-])c2ccccc12.[Na+]. The van der Waals surface area contributed by atoms with Crippen LogP contribution in [0, 0.1) is 11.6 Å². The number of anilines is 1. The number of hydrogen-bond donors (Lipinski definition) is 1. The minimum Gasteiger partial charge on any atom is -0.744 e. The molecule has 2 N–H and O–H groups in total. The van der Waals surface area contributed by atoms with Gasteiger partial charge < -0.3 is 10.3 Å². The van der Waals surface area contributed by atoms with Crippen LogP contribution in [0.4, 0.5) is 25.8 Å². The molecule has 3 rings (SSSR count). The summed E-state index contributed by atoms with van der Waals surface area (Å²) in [6, 6.07) is 9.81. The summed E-state index contributed by atoms with van der Waals surface area (Å²) in [5.74, 6) is -1.72. The summed E-state index contributed by atoms with van der Waals surface area (Å²) in [4.78, 5) is -0.508. The van der Waals surface area contributed by atoms with Crippen molar-refractivity contribution in [2.45, 2.75) is 4.90 Å². The number of halogens is 2. The van der Waals surface area contributed by atoms with E-state index >= 15 is 0 Å². The monoisotopic (exact) mass is 385 g/mol. The van der Waals surface area contributed by atoms with E-state index in [-0.39, 0.29) is 52.0 Å². The molecule has 0 atom stereocenters. The number of rotatable bonds is 3. The van der Waals surface area contributed by atoms with Crippen molar-refractivity contribution in [1.29, 1.82) is 0 Å². The normalized spacial score (nSPS) is 11.7. The van der Waals surface area contributed by atoms with Crippen LogP contribution in [0.2, 0.25) is 0 Å². The van der Waals surface area contributed by atoms with Crippen LogP contribution < -0.4 is 35.3 Å². The minimum atomic E-state index is -4.80. The van der Waals surface area contributed by atoms with Gasteiger partial charge >= 0.3 is 29.6 Å². The number of nitrogens with two attached hydrogens (primary N) is 1. The van der Waals surface area contributed by atoms with Gasteiger partial charge in [-0.2, -0.15) is 0 Å². The number of hydrogen-bond acceptors (Lipinski definition) is 6. The van der Waals surface area contributed by atoms with E-state index in [1.165, 1.54) is 12.1 Å². The van der Waals surface area contributed by atoms with Crippen LogP contribution in [0.5, 0.6) is 0 Å². The van der Waals surface area contributed by atoms with E-state index in [2.05, 4.69) is 10.2 Å². The van der Waals surface area contributed by atoms with E-state index in [1.807, 2.05) is 0 Å². The second kappa shape index (κ2) is 7.77. The smallest absolute Gasteiger partial charge is 0.744 e. The van der Waals surface area contributed by atoms with Crippen molar-refractivity contribution in [1.82, 2.24) is 0 Å². The van der Waals surface area contributed by atoms with Gasteiger partial charge in [0.15, 0.2) is 5.82 Å². The maximum atomic E-state index is 13.6. The third-order valence-corrected chi connectivity index (χ3v) is 4.35. The van der Waals surface area contributed by atoms with Crippen molar-refractivity contribution in [3.05, 3.63) is 60.2 Å². The summed E-state index contributed by atoms with van der Waals surface area (Å²) in [6.45, 7) is 0. The minimum absolute atomic E-state index is 0. The van der Waals surface area contributed by atoms with Gasteiger partial charge in [-0.1, -0.05) is 24.3 Å². The van der Waals surface area contributed by atoms with Crippen LogP contribution in [0.25, 0.3) is 10.8 Å². The van der Waals surface area contributed by atoms with Gasteiger partial charge in [-0.3, -0.25) is 0 Å². The van der Waals surface area contributed by atoms with Gasteiger partial charge in [-0.25, -0.2) is 17.2 Å². The van der Waals surface area contributed by atoms with Crippen LogP contribution in [0.15, 0.2) is 63.7 Å². The van der Waals surface area contributed by atoms with Gasteiger partial charge in [0, 0.05) is 16.8 Å². The fourth-order valence-corrected chi connectivity index (χ4v) is 3.01. The molecule has 26 heavy (non-hydrogen) atoms. The molecule has 0 spiro atoms. The molecule has 0 aliphatic carbocycles. The van der Waals surface area contributed by atoms with Crippen molar-refractivity contribution in [2.75, 3.05) is 5.73 Å². The van der Waals surface area contributed by atoms with E-state index in [0.29, 0.717) is 11.5 Å². The zero-order valence-electron chi connectivity index (χ0n) is 13.5. The second-order valence-electron chi connectivity index (χ2n) is 5.10. The van der Waals surface area contributed by atoms with Crippen LogP contribution in [-0.4, -0.2) is 13.0 Å². The molecule has 0 bridgehead atoms. The van der Waals surface area contributed by atoms with E-state index in [9.17, 15) is 21.8 Å². The molecular weight excluding hydrogens is 375 g/mol. The van der Waals surface area contributed by atoms with Gasteiger partial charge in [0.1, 0.15) is 27.3 Å². The Bertz CT molecular complexity index is 1120. The van der Waals surface area contributed by atoms with Gasteiger partial charge in [-0.05, 0) is 18.2 Å². The Hall–Kier alpha value is -1.91. The van der Waals surface area contributed by atoms with E-state index in [1.54, 1.807) is 12.1 Å². The Morgan fingerprint density at radius 3 is 2.15 bits per heavy atom. The number of nitrogens with zero attached hydrogens (tertiary/aromatic N) is 2. The second-order valence-corrected chi connectivity index (χ2v) is 6.45. The van der Waals surface area contributed by atoms with Crippen LogP contribution >= 0.6 is 0 Å². The number of fused-ring (bicyclic) bond motifs is 1. The topological polar surface area (TPSA) is 108 Å². The first-order valence-electron chi connectivity index (χ1n) is 6.91. The molecule has 10 heteroatoms. The summed E-state index contributed by atoms with van der Waals surface area (Å²) < 4.78 is 61.0. The fourth-order valence-electron chi connectivity index (χ4n) is 2.31. The fraction of sp³-hybridized carbons (Fsp3) is 0. The Morgan fingerprint density at radius 2 is 1.54 bits per heavy atom. The molecule has 128 valence electrons. The molecular formula is C16H10F2N3NaO3S. The predicted molar refractivity (Wildman–Crippen MR) is 86.9 cm³/mol. The summed E-state index contributed by atoms with van der Waals surface area (Å²) >= 11 is 0. The molecule has 0 unspecified atom stereocenters. The van der Waals surface area contributed by atoms with E-state index in [0.717, 1.165) is 18.2 Å². The van der Waals surface area contributed by atoms with Crippen LogP contribution in [0.1, 0.15) is 0 Å². The van der Waals surface area contributed by atoms with E-state index < -0.39 is 26.6 Å². The number of nitrogen functional groups attached to an aromatic ring is 1. The number of azo groups is 1. The predicted octanol–water partition coefficient (Wildman–Crippen LogP) is 1.02. The van der Waals surface area contributed by atoms with Crippen LogP contribution in [0.3, 0.4) is 0 Å². The third kappa shape index (κ3) is 4.08. The van der Waals surface area contributed by atoms with Gasteiger partial charge in [0.05, 0.1) is 10.6 Å². The number of benzene rings is 3. The molecule has 0 aliphatic heterocycles. The summed E-state index contributed by atoms with van der Waals surface area (Å²) in [6.07, 6.45) is 0. The first-order valence-corrected chi connectivity index (χ1v) is 8.32. The molecule has 0 aliphatic rings. The standard InChI is InChI=1S/C16H11F2N3O3S.Na/c17-9-5-6-13(12(18)7-9)20-21-14-8-15(25(22,23)24)10-3-1-2-4-11(10)16(14)19;/h1-8H,19H2,(H,22,23,24);/q;+1/p-1. The zero-order chi connectivity index (χ0) is 18.2. The maximum absolute atomic E-state index is 13.6. The quantitative estimate of drug-likeness (QED) is 0.314. The van der Waals surface area contributed by atoms with Crippen molar-refractivity contribution >= 4 is 38.0 Å². The molecule has 0 heterocycles. The Kier molecular flexibility index (Phi) is 6.09. The first kappa shape index (κ1) is 20.4. The molecule has 0 aromatic heterocycles. The molecule has 3 aromatic carbocycles. The Balaban J connectivity index is 0.00000243. The first-order chi connectivity index (χ1) is 11.8. The van der Waals surface area contributed by atoms with Crippen molar-refractivity contribution < 1.29 is 51.3 Å². The Morgan fingerprint density at radius 1 is 0.923 bits per heavy atom. The third-order valence-electron chi connectivity index (χ3n) is 3.47. The summed E-state index contributed by atoms with van der Waals surface area (Å²) in [5, 5.41) is 7.79. The molecule has 0 saturated carbocycles. The molecule has 0 saturated heterocycles. The molecule has 0 radical (unpaired) electrons. The van der Waals surface area contributed by atoms with E-state index in [4.69, 9.17) is 5.73 Å². The van der Waals surface area contributed by atoms with Gasteiger partial charge in [-0.15, -0.1) is 10.2 Å². The Labute approximate surface area is 169 Å². The average Bonchev–Trinajstić information content (AvgIpc) is 2.54. The van der Waals surface area contributed by atoms with Crippen molar-refractivity contribution in [2.24, 2.45) is 10.2 Å². The molecule has 6 nitrogen and oxygen atoms in total. The van der Waals surface area contributed by atoms with Crippen molar-refractivity contribution in [3.8, 4) is 0 Å². The average molecular weight is 385 g/mol. The summed E-state index contributed by atoms with van der Waals surface area (Å²) in [5.41, 5.74) is 5.65.